The number of carboxylic acids is 1. The van der Waals surface area contributed by atoms with Gasteiger partial charge in [-0.15, -0.1) is 0 Å². The average molecular weight is 287 g/mol. The van der Waals surface area contributed by atoms with E-state index >= 15 is 0 Å². The van der Waals surface area contributed by atoms with Crippen LogP contribution in [0.5, 0.6) is 0 Å². The van der Waals surface area contributed by atoms with Crippen LogP contribution in [0.2, 0.25) is 0 Å². The van der Waals surface area contributed by atoms with E-state index in [2.05, 4.69) is 10.4 Å². The second kappa shape index (κ2) is 6.21. The van der Waals surface area contributed by atoms with Crippen molar-refractivity contribution in [2.75, 3.05) is 0 Å². The molecule has 1 unspecified atom stereocenters. The van der Waals surface area contributed by atoms with Crippen molar-refractivity contribution in [3.8, 4) is 0 Å². The van der Waals surface area contributed by atoms with E-state index in [1.165, 1.54) is 10.9 Å². The van der Waals surface area contributed by atoms with Crippen LogP contribution in [-0.4, -0.2) is 26.8 Å². The first kappa shape index (κ1) is 14.8. The maximum absolute atomic E-state index is 12.3. The standard InChI is InChI=1S/C15H17N3O3/c1-3-12(10-7-5-4-6-8-10)16-14(19)11-9-18(2)17-13(11)15(20)21/h4-9,12H,3H2,1-2H3,(H,16,19)(H,20,21). The van der Waals surface area contributed by atoms with Crippen molar-refractivity contribution in [1.82, 2.24) is 15.1 Å². The van der Waals surface area contributed by atoms with Gasteiger partial charge in [0, 0.05) is 13.2 Å². The van der Waals surface area contributed by atoms with Gasteiger partial charge in [-0.05, 0) is 12.0 Å². The first-order chi connectivity index (χ1) is 10.0. The van der Waals surface area contributed by atoms with Gasteiger partial charge < -0.3 is 10.4 Å². The highest BCUT2D eigenvalue weighted by molar-refractivity contribution is 6.03. The van der Waals surface area contributed by atoms with Crippen LogP contribution < -0.4 is 5.32 Å². The van der Waals surface area contributed by atoms with Crippen molar-refractivity contribution in [2.24, 2.45) is 7.05 Å². The summed E-state index contributed by atoms with van der Waals surface area (Å²) in [6.07, 6.45) is 2.12. The Morgan fingerprint density at radius 3 is 2.57 bits per heavy atom. The molecule has 6 nitrogen and oxygen atoms in total. The molecule has 0 fully saturated rings. The molecule has 0 bridgehead atoms. The summed E-state index contributed by atoms with van der Waals surface area (Å²) in [4.78, 5) is 23.4. The Morgan fingerprint density at radius 1 is 1.33 bits per heavy atom. The maximum atomic E-state index is 12.3. The first-order valence-electron chi connectivity index (χ1n) is 6.65. The largest absolute Gasteiger partial charge is 0.476 e. The number of carbonyl (C=O) groups excluding carboxylic acids is 1. The fourth-order valence-electron chi connectivity index (χ4n) is 2.16. The van der Waals surface area contributed by atoms with Gasteiger partial charge in [0.2, 0.25) is 0 Å². The Kier molecular flexibility index (Phi) is 4.37. The molecule has 0 aliphatic rings. The van der Waals surface area contributed by atoms with Crippen LogP contribution >= 0.6 is 0 Å². The van der Waals surface area contributed by atoms with Crippen LogP contribution in [0, 0.1) is 0 Å². The number of aromatic carboxylic acids is 1. The minimum absolute atomic E-state index is 0.0689. The van der Waals surface area contributed by atoms with E-state index in [-0.39, 0.29) is 17.3 Å². The fourth-order valence-corrected chi connectivity index (χ4v) is 2.16. The van der Waals surface area contributed by atoms with Gasteiger partial charge in [-0.25, -0.2) is 4.79 Å². The van der Waals surface area contributed by atoms with E-state index in [9.17, 15) is 9.59 Å². The van der Waals surface area contributed by atoms with Crippen molar-refractivity contribution >= 4 is 11.9 Å². The van der Waals surface area contributed by atoms with Crippen LogP contribution in [0.3, 0.4) is 0 Å². The molecular weight excluding hydrogens is 270 g/mol. The number of carboxylic acid groups (broad SMARTS) is 1. The summed E-state index contributed by atoms with van der Waals surface area (Å²) in [5.41, 5.74) is 0.811. The Hall–Kier alpha value is -2.63. The van der Waals surface area contributed by atoms with Crippen molar-refractivity contribution in [2.45, 2.75) is 19.4 Å². The van der Waals surface area contributed by atoms with Gasteiger partial charge in [0.05, 0.1) is 11.6 Å². The molecule has 0 aliphatic heterocycles. The van der Waals surface area contributed by atoms with Gasteiger partial charge in [-0.1, -0.05) is 37.3 Å². The highest BCUT2D eigenvalue weighted by atomic mass is 16.4. The molecule has 1 atom stereocenters. The Morgan fingerprint density at radius 2 is 2.00 bits per heavy atom. The number of benzene rings is 1. The second-order valence-electron chi connectivity index (χ2n) is 4.72. The molecule has 0 aliphatic carbocycles. The predicted molar refractivity (Wildman–Crippen MR) is 77.1 cm³/mol. The Labute approximate surface area is 122 Å². The molecule has 2 N–H and O–H groups in total. The summed E-state index contributed by atoms with van der Waals surface area (Å²) >= 11 is 0. The molecule has 6 heteroatoms. The Balaban J connectivity index is 2.23. The van der Waals surface area contributed by atoms with Crippen molar-refractivity contribution in [3.63, 3.8) is 0 Å². The topological polar surface area (TPSA) is 84.2 Å². The van der Waals surface area contributed by atoms with Gasteiger partial charge >= 0.3 is 5.97 Å². The van der Waals surface area contributed by atoms with Crippen molar-refractivity contribution in [3.05, 3.63) is 53.3 Å². The van der Waals surface area contributed by atoms with E-state index in [1.807, 2.05) is 37.3 Å². The molecule has 2 rings (SSSR count). The molecule has 1 aromatic carbocycles. The summed E-state index contributed by atoms with van der Waals surface area (Å²) in [6.45, 7) is 1.96. The van der Waals surface area contributed by atoms with Gasteiger partial charge in [0.25, 0.3) is 5.91 Å². The minimum Gasteiger partial charge on any atom is -0.476 e. The first-order valence-corrected chi connectivity index (χ1v) is 6.65. The van der Waals surface area contributed by atoms with E-state index in [0.717, 1.165) is 5.56 Å². The predicted octanol–water partition coefficient (Wildman–Crippen LogP) is 2.00. The zero-order valence-electron chi connectivity index (χ0n) is 11.9. The minimum atomic E-state index is -1.21. The number of aromatic nitrogens is 2. The molecule has 2 aromatic rings. The zero-order valence-corrected chi connectivity index (χ0v) is 11.9. The van der Waals surface area contributed by atoms with Crippen LogP contribution in [0.25, 0.3) is 0 Å². The SMILES string of the molecule is CCC(NC(=O)c1cn(C)nc1C(=O)O)c1ccccc1. The summed E-state index contributed by atoms with van der Waals surface area (Å²) in [7, 11) is 1.58. The Bertz CT molecular complexity index is 649. The fraction of sp³-hybridized carbons (Fsp3) is 0.267. The third-order valence-electron chi connectivity index (χ3n) is 3.19. The highest BCUT2D eigenvalue weighted by Gasteiger charge is 2.22. The molecule has 1 amide bonds. The average Bonchev–Trinajstić information content (AvgIpc) is 2.88. The molecule has 0 saturated heterocycles. The lowest BCUT2D eigenvalue weighted by atomic mass is 10.0. The lowest BCUT2D eigenvalue weighted by Crippen LogP contribution is -2.29. The van der Waals surface area contributed by atoms with Gasteiger partial charge in [-0.3, -0.25) is 9.48 Å². The monoisotopic (exact) mass is 287 g/mol. The van der Waals surface area contributed by atoms with Gasteiger partial charge in [0.15, 0.2) is 5.69 Å². The molecule has 1 heterocycles. The van der Waals surface area contributed by atoms with E-state index in [0.29, 0.717) is 6.42 Å². The van der Waals surface area contributed by atoms with Crippen LogP contribution in [0.1, 0.15) is 45.8 Å². The summed E-state index contributed by atoms with van der Waals surface area (Å²) < 4.78 is 1.32. The van der Waals surface area contributed by atoms with E-state index < -0.39 is 11.9 Å². The lowest BCUT2D eigenvalue weighted by molar-refractivity contribution is 0.0683. The lowest BCUT2D eigenvalue weighted by Gasteiger charge is -2.17. The number of hydrogen-bond donors (Lipinski definition) is 2. The van der Waals surface area contributed by atoms with Crippen LogP contribution in [-0.2, 0) is 7.05 Å². The third kappa shape index (κ3) is 3.28. The summed E-state index contributed by atoms with van der Waals surface area (Å²) in [5, 5.41) is 15.7. The van der Waals surface area contributed by atoms with Gasteiger partial charge in [-0.2, -0.15) is 5.10 Å². The second-order valence-corrected chi connectivity index (χ2v) is 4.72. The van der Waals surface area contributed by atoms with E-state index in [4.69, 9.17) is 5.11 Å². The number of carbonyl (C=O) groups is 2. The molecular formula is C15H17N3O3. The molecule has 21 heavy (non-hydrogen) atoms. The summed E-state index contributed by atoms with van der Waals surface area (Å²) in [5.74, 6) is -1.65. The van der Waals surface area contributed by atoms with Crippen LogP contribution in [0.4, 0.5) is 0 Å². The quantitative estimate of drug-likeness (QED) is 0.881. The molecule has 0 saturated carbocycles. The normalized spacial score (nSPS) is 11.9. The zero-order chi connectivity index (χ0) is 15.4. The maximum Gasteiger partial charge on any atom is 0.357 e. The van der Waals surface area contributed by atoms with Gasteiger partial charge in [0.1, 0.15) is 0 Å². The van der Waals surface area contributed by atoms with Crippen LogP contribution in [0.15, 0.2) is 36.5 Å². The van der Waals surface area contributed by atoms with Crippen molar-refractivity contribution < 1.29 is 14.7 Å². The summed E-state index contributed by atoms with van der Waals surface area (Å²) in [6, 6.07) is 9.39. The molecule has 110 valence electrons. The number of nitrogens with one attached hydrogen (secondary N) is 1. The highest BCUT2D eigenvalue weighted by Crippen LogP contribution is 2.17. The number of hydrogen-bond acceptors (Lipinski definition) is 3. The molecule has 0 radical (unpaired) electrons. The van der Waals surface area contributed by atoms with Crippen molar-refractivity contribution in [1.29, 1.82) is 0 Å². The number of amides is 1. The van der Waals surface area contributed by atoms with E-state index in [1.54, 1.807) is 7.05 Å². The number of rotatable bonds is 5. The molecule has 0 spiro atoms. The smallest absolute Gasteiger partial charge is 0.357 e. The third-order valence-corrected chi connectivity index (χ3v) is 3.19. The number of nitrogens with zero attached hydrogens (tertiary/aromatic N) is 2. The number of aryl methyl sites for hydroxylation is 1. The molecule has 1 aromatic heterocycles.